The van der Waals surface area contributed by atoms with E-state index in [0.29, 0.717) is 43.6 Å². The average Bonchev–Trinajstić information content (AvgIpc) is 3.89. The summed E-state index contributed by atoms with van der Waals surface area (Å²) in [6.45, 7) is 3.55. The molecule has 0 amide bonds. The fourth-order valence-corrected chi connectivity index (χ4v) is 9.37. The first-order chi connectivity index (χ1) is 28.5. The molecule has 2 N–H and O–H groups in total. The van der Waals surface area contributed by atoms with Crippen molar-refractivity contribution in [1.29, 1.82) is 0 Å². The molecule has 306 valence electrons. The second-order valence-electron chi connectivity index (χ2n) is 15.3. The van der Waals surface area contributed by atoms with Crippen molar-refractivity contribution < 1.29 is 24.5 Å². The van der Waals surface area contributed by atoms with Crippen molar-refractivity contribution in [2.24, 2.45) is 21.1 Å². The predicted octanol–water partition coefficient (Wildman–Crippen LogP) is 9.09. The van der Waals surface area contributed by atoms with Crippen molar-refractivity contribution in [1.82, 2.24) is 29.0 Å². The van der Waals surface area contributed by atoms with Crippen LogP contribution in [0.4, 0.5) is 0 Å². The van der Waals surface area contributed by atoms with Gasteiger partial charge in [-0.25, -0.2) is 4.79 Å². The van der Waals surface area contributed by atoms with Gasteiger partial charge in [0.15, 0.2) is 0 Å². The number of carboxylic acids is 1. The number of benzene rings is 4. The molecule has 7 aromatic rings. The fourth-order valence-electron chi connectivity index (χ4n) is 8.20. The van der Waals surface area contributed by atoms with E-state index in [9.17, 15) is 15.0 Å². The number of aliphatic hydroxyl groups excluding tert-OH is 1. The summed E-state index contributed by atoms with van der Waals surface area (Å²) < 4.78 is 17.2. The maximum Gasteiger partial charge on any atom is 0.352 e. The van der Waals surface area contributed by atoms with E-state index in [0.717, 1.165) is 96.1 Å². The van der Waals surface area contributed by atoms with Crippen LogP contribution in [0.3, 0.4) is 0 Å². The molecule has 11 nitrogen and oxygen atoms in total. The molecule has 0 unspecified atom stereocenters. The summed E-state index contributed by atoms with van der Waals surface area (Å²) >= 11 is 8.89. The number of nitrogens with zero attached hydrogens (tertiary/aromatic N) is 6. The molecule has 0 spiro atoms. The van der Waals surface area contributed by atoms with Gasteiger partial charge < -0.3 is 24.3 Å². The van der Waals surface area contributed by atoms with E-state index in [-0.39, 0.29) is 12.3 Å². The molecule has 3 heterocycles. The first-order valence-electron chi connectivity index (χ1n) is 19.9. The van der Waals surface area contributed by atoms with Crippen LogP contribution in [0.1, 0.15) is 63.7 Å². The third kappa shape index (κ3) is 8.32. The second kappa shape index (κ2) is 17.1. The van der Waals surface area contributed by atoms with Crippen LogP contribution in [0.25, 0.3) is 32.8 Å². The zero-order valence-corrected chi connectivity index (χ0v) is 35.6. The summed E-state index contributed by atoms with van der Waals surface area (Å²) in [5.74, 6) is 1.46. The summed E-state index contributed by atoms with van der Waals surface area (Å²) in [6.07, 6.45) is 3.29. The topological polar surface area (TPSA) is 120 Å². The molecule has 0 radical (unpaired) electrons. The van der Waals surface area contributed by atoms with Crippen LogP contribution in [0, 0.1) is 6.92 Å². The zero-order valence-electron chi connectivity index (χ0n) is 34.0. The minimum Gasteiger partial charge on any atom is -0.497 e. The minimum atomic E-state index is -0.991. The van der Waals surface area contributed by atoms with Crippen LogP contribution in [-0.2, 0) is 53.0 Å². The van der Waals surface area contributed by atoms with Gasteiger partial charge in [-0.3, -0.25) is 14.3 Å². The number of methoxy groups -OCH3 is 1. The highest BCUT2D eigenvalue weighted by Crippen LogP contribution is 2.43. The Labute approximate surface area is 353 Å². The molecule has 13 heteroatoms. The first-order valence-corrected chi connectivity index (χ1v) is 21.2. The molecular weight excluding hydrogens is 784 g/mol. The lowest BCUT2D eigenvalue weighted by Crippen LogP contribution is -2.26. The van der Waals surface area contributed by atoms with E-state index in [1.54, 1.807) is 28.1 Å². The number of aryl methyl sites for hydroxylation is 4. The molecule has 4 aromatic carbocycles. The van der Waals surface area contributed by atoms with Crippen molar-refractivity contribution >= 4 is 51.0 Å². The standard InChI is InChI=1S/C46H49ClN6O5S/c1-28-42(40(49-51(28)3)25-53(32-14-15-32)24-31-22-33(26-54)52(4)48-31)43-39(47)19-18-38-37(45(46(55)56)50(2)44(38)43)11-8-20-58-41-23-35(21-30-9-6-7-10-36(30)41)59-27-29-12-16-34(57-5)17-13-29/h6-7,9-10,12-13,16-19,21-23,32,54H,8,11,14-15,20,24-27H2,1-5H3,(H,55,56). The van der Waals surface area contributed by atoms with Crippen LogP contribution in [0.2, 0.25) is 5.02 Å². The van der Waals surface area contributed by atoms with Gasteiger partial charge >= 0.3 is 5.97 Å². The average molecular weight is 833 g/mol. The highest BCUT2D eigenvalue weighted by atomic mass is 35.5. The van der Waals surface area contributed by atoms with E-state index in [1.165, 1.54) is 5.56 Å². The number of rotatable bonds is 17. The molecule has 0 atom stereocenters. The summed E-state index contributed by atoms with van der Waals surface area (Å²) in [5.41, 5.74) is 8.13. The molecule has 0 aliphatic heterocycles. The van der Waals surface area contributed by atoms with E-state index in [2.05, 4.69) is 46.4 Å². The Morgan fingerprint density at radius 1 is 0.949 bits per heavy atom. The molecule has 1 saturated carbocycles. The Morgan fingerprint density at radius 2 is 1.73 bits per heavy atom. The number of aliphatic hydroxyl groups is 1. The molecular formula is C46H49ClN6O5S. The largest absolute Gasteiger partial charge is 0.497 e. The van der Waals surface area contributed by atoms with Gasteiger partial charge in [-0.15, -0.1) is 11.8 Å². The van der Waals surface area contributed by atoms with Gasteiger partial charge in [0, 0.05) is 78.5 Å². The van der Waals surface area contributed by atoms with Crippen LogP contribution in [0.15, 0.2) is 83.8 Å². The molecule has 1 aliphatic carbocycles. The van der Waals surface area contributed by atoms with Crippen LogP contribution >= 0.6 is 23.4 Å². The minimum absolute atomic E-state index is 0.0695. The van der Waals surface area contributed by atoms with Crippen molar-refractivity contribution in [3.63, 3.8) is 0 Å². The third-order valence-electron chi connectivity index (χ3n) is 11.4. The Morgan fingerprint density at radius 3 is 2.44 bits per heavy atom. The Kier molecular flexibility index (Phi) is 11.8. The highest BCUT2D eigenvalue weighted by Gasteiger charge is 2.33. The van der Waals surface area contributed by atoms with Crippen molar-refractivity contribution in [3.05, 3.63) is 123 Å². The number of hydrogen-bond donors (Lipinski definition) is 2. The molecule has 59 heavy (non-hydrogen) atoms. The SMILES string of the molecule is COc1ccc(CSc2cc(OCCCc3c(C(=O)O)n(C)c4c(-c5c(CN(Cc6cc(CO)n(C)n6)C6CC6)nn(C)c5C)c(Cl)ccc34)c3ccccc3c2)cc1. The molecule has 1 fully saturated rings. The zero-order chi connectivity index (χ0) is 41.4. The highest BCUT2D eigenvalue weighted by molar-refractivity contribution is 7.98. The Bertz CT molecular complexity index is 2660. The predicted molar refractivity (Wildman–Crippen MR) is 234 cm³/mol. The van der Waals surface area contributed by atoms with E-state index in [4.69, 9.17) is 26.2 Å². The summed E-state index contributed by atoms with van der Waals surface area (Å²) in [5, 5.41) is 33.6. The van der Waals surface area contributed by atoms with Crippen LogP contribution < -0.4 is 9.47 Å². The lowest BCUT2D eigenvalue weighted by Gasteiger charge is -2.21. The molecule has 0 bridgehead atoms. The van der Waals surface area contributed by atoms with Crippen LogP contribution in [0.5, 0.6) is 11.5 Å². The van der Waals surface area contributed by atoms with Crippen molar-refractivity contribution in [2.75, 3.05) is 13.7 Å². The summed E-state index contributed by atoms with van der Waals surface area (Å²) in [7, 11) is 7.26. The number of carboxylic acid groups (broad SMARTS) is 1. The van der Waals surface area contributed by atoms with Crippen molar-refractivity contribution in [3.8, 4) is 22.6 Å². The lowest BCUT2D eigenvalue weighted by atomic mass is 9.97. The van der Waals surface area contributed by atoms with E-state index >= 15 is 0 Å². The number of ether oxygens (including phenoxy) is 2. The number of hydrogen-bond acceptors (Lipinski definition) is 8. The number of fused-ring (bicyclic) bond motifs is 2. The van der Waals surface area contributed by atoms with Gasteiger partial charge in [0.1, 0.15) is 17.2 Å². The molecule has 1 aliphatic rings. The monoisotopic (exact) mass is 832 g/mol. The maximum atomic E-state index is 13.0. The van der Waals surface area contributed by atoms with Crippen molar-refractivity contribution in [2.45, 2.75) is 69.0 Å². The molecule has 8 rings (SSSR count). The molecule has 0 saturated heterocycles. The van der Waals surface area contributed by atoms with Gasteiger partial charge in [0.05, 0.1) is 47.9 Å². The van der Waals surface area contributed by atoms with Crippen LogP contribution in [-0.4, -0.2) is 65.0 Å². The number of aromatic nitrogens is 5. The lowest BCUT2D eigenvalue weighted by molar-refractivity contribution is 0.0685. The van der Waals surface area contributed by atoms with Gasteiger partial charge in [0.2, 0.25) is 0 Å². The smallest absolute Gasteiger partial charge is 0.352 e. The van der Waals surface area contributed by atoms with E-state index < -0.39 is 5.97 Å². The number of carbonyl (C=O) groups is 1. The maximum absolute atomic E-state index is 13.0. The van der Waals surface area contributed by atoms with Gasteiger partial charge in [-0.05, 0) is 85.5 Å². The molecule has 3 aromatic heterocycles. The third-order valence-corrected chi connectivity index (χ3v) is 12.8. The summed E-state index contributed by atoms with van der Waals surface area (Å²) in [6, 6.07) is 26.8. The fraction of sp³-hybridized carbons (Fsp3) is 0.326. The van der Waals surface area contributed by atoms with E-state index in [1.807, 2.05) is 75.2 Å². The number of halogens is 1. The Hall–Kier alpha value is -5.27. The normalized spacial score (nSPS) is 12.9. The van der Waals surface area contributed by atoms with Gasteiger partial charge in [-0.1, -0.05) is 54.1 Å². The van der Waals surface area contributed by atoms with Gasteiger partial charge in [-0.2, -0.15) is 10.2 Å². The number of thioether (sulfide) groups is 1. The summed E-state index contributed by atoms with van der Waals surface area (Å²) in [4.78, 5) is 16.5. The van der Waals surface area contributed by atoms with Gasteiger partial charge in [0.25, 0.3) is 0 Å². The Balaban J connectivity index is 1.06. The second-order valence-corrected chi connectivity index (χ2v) is 16.8. The quantitative estimate of drug-likeness (QED) is 0.0684. The first kappa shape index (κ1) is 40.5. The number of aromatic carboxylic acids is 1.